The van der Waals surface area contributed by atoms with Crippen molar-refractivity contribution in [2.75, 3.05) is 20.1 Å². The third kappa shape index (κ3) is 3.06. The topological polar surface area (TPSA) is 54.3 Å². The van der Waals surface area contributed by atoms with E-state index in [4.69, 9.17) is 0 Å². The summed E-state index contributed by atoms with van der Waals surface area (Å²) in [4.78, 5) is 17.4. The summed E-state index contributed by atoms with van der Waals surface area (Å²) in [6, 6.07) is 8.84. The second-order valence-electron chi connectivity index (χ2n) is 7.28. The van der Waals surface area contributed by atoms with Crippen molar-refractivity contribution in [2.24, 2.45) is 0 Å². The van der Waals surface area contributed by atoms with Crippen molar-refractivity contribution in [3.05, 3.63) is 41.7 Å². The fourth-order valence-corrected chi connectivity index (χ4v) is 4.20. The Kier molecular flexibility index (Phi) is 4.29. The number of benzene rings is 1. The third-order valence-electron chi connectivity index (χ3n) is 5.59. The van der Waals surface area contributed by atoms with Crippen LogP contribution < -0.4 is 0 Å². The minimum Gasteiger partial charge on any atom is -0.333 e. The molecule has 1 amide bonds. The fraction of sp³-hybridized carbons (Fsp3) is 0.526. The first-order chi connectivity index (χ1) is 12.1. The number of hydrogen-bond donors (Lipinski definition) is 0. The molecule has 2 atom stereocenters. The second-order valence-corrected chi connectivity index (χ2v) is 7.28. The van der Waals surface area contributed by atoms with Gasteiger partial charge in [0.25, 0.3) is 5.91 Å². The predicted octanol–water partition coefficient (Wildman–Crippen LogP) is 2.27. The monoisotopic (exact) mass is 339 g/mol. The van der Waals surface area contributed by atoms with Crippen LogP contribution in [0.4, 0.5) is 0 Å². The van der Waals surface area contributed by atoms with E-state index in [1.807, 2.05) is 36.1 Å². The Bertz CT molecular complexity index is 753. The van der Waals surface area contributed by atoms with Gasteiger partial charge in [-0.25, -0.2) is 4.68 Å². The van der Waals surface area contributed by atoms with E-state index in [0.717, 1.165) is 31.6 Å². The Morgan fingerprint density at radius 1 is 1.08 bits per heavy atom. The lowest BCUT2D eigenvalue weighted by atomic mass is 10.0. The molecule has 0 unspecified atom stereocenters. The molecular formula is C19H25N5O. The Labute approximate surface area is 148 Å². The Morgan fingerprint density at radius 2 is 1.80 bits per heavy atom. The van der Waals surface area contributed by atoms with E-state index in [-0.39, 0.29) is 5.91 Å². The number of nitrogens with zero attached hydrogens (tertiary/aromatic N) is 5. The van der Waals surface area contributed by atoms with Gasteiger partial charge in [-0.1, -0.05) is 22.9 Å². The fourth-order valence-electron chi connectivity index (χ4n) is 4.20. The summed E-state index contributed by atoms with van der Waals surface area (Å²) in [6.45, 7) is 4.01. The first-order valence-corrected chi connectivity index (χ1v) is 9.14. The largest absolute Gasteiger partial charge is 0.333 e. The molecule has 0 saturated carbocycles. The molecule has 2 fully saturated rings. The van der Waals surface area contributed by atoms with Crippen LogP contribution in [0.3, 0.4) is 0 Å². The zero-order valence-electron chi connectivity index (χ0n) is 14.9. The molecule has 2 saturated heterocycles. The Balaban J connectivity index is 1.53. The SMILES string of the molecule is Cc1ccc(-n2cc(C(=O)N3CCC[C@@H]3[C@@H]3CCCN3C)nn2)cc1. The van der Waals surface area contributed by atoms with Gasteiger partial charge in [0.2, 0.25) is 0 Å². The molecule has 6 nitrogen and oxygen atoms in total. The molecule has 2 aromatic rings. The molecule has 0 N–H and O–H groups in total. The van der Waals surface area contributed by atoms with E-state index in [9.17, 15) is 4.79 Å². The zero-order chi connectivity index (χ0) is 17.4. The summed E-state index contributed by atoms with van der Waals surface area (Å²) >= 11 is 0. The number of carbonyl (C=O) groups is 1. The smallest absolute Gasteiger partial charge is 0.276 e. The lowest BCUT2D eigenvalue weighted by Gasteiger charge is -2.32. The highest BCUT2D eigenvalue weighted by Gasteiger charge is 2.39. The van der Waals surface area contributed by atoms with Crippen molar-refractivity contribution < 1.29 is 4.79 Å². The molecule has 3 heterocycles. The van der Waals surface area contributed by atoms with Crippen molar-refractivity contribution in [3.8, 4) is 5.69 Å². The zero-order valence-corrected chi connectivity index (χ0v) is 14.9. The summed E-state index contributed by atoms with van der Waals surface area (Å²) in [5.74, 6) is 0.0150. The predicted molar refractivity (Wildman–Crippen MR) is 95.8 cm³/mol. The van der Waals surface area contributed by atoms with Gasteiger partial charge in [0.05, 0.1) is 11.9 Å². The minimum atomic E-state index is 0.0150. The van der Waals surface area contributed by atoms with E-state index in [1.165, 1.54) is 18.4 Å². The first-order valence-electron chi connectivity index (χ1n) is 9.14. The Morgan fingerprint density at radius 3 is 2.52 bits per heavy atom. The number of rotatable bonds is 3. The van der Waals surface area contributed by atoms with E-state index >= 15 is 0 Å². The molecule has 1 aromatic carbocycles. The van der Waals surface area contributed by atoms with Crippen LogP contribution in [0.1, 0.15) is 41.7 Å². The standard InChI is InChI=1S/C19H25N5O/c1-14-7-9-15(10-8-14)24-13-16(20-21-24)19(25)23-12-4-6-18(23)17-5-3-11-22(17)2/h7-10,13,17-18H,3-6,11-12H2,1-2H3/t17-,18+/m0/s1. The van der Waals surface area contributed by atoms with Crippen LogP contribution in [0.5, 0.6) is 0 Å². The maximum Gasteiger partial charge on any atom is 0.276 e. The van der Waals surface area contributed by atoms with Crippen LogP contribution in [0.2, 0.25) is 0 Å². The van der Waals surface area contributed by atoms with Crippen LogP contribution in [-0.4, -0.2) is 62.9 Å². The Hall–Kier alpha value is -2.21. The van der Waals surface area contributed by atoms with Gasteiger partial charge in [0, 0.05) is 18.6 Å². The summed E-state index contributed by atoms with van der Waals surface area (Å²) in [5, 5.41) is 8.30. The van der Waals surface area contributed by atoms with Crippen molar-refractivity contribution >= 4 is 5.91 Å². The number of aryl methyl sites for hydroxylation is 1. The number of likely N-dealkylation sites (tertiary alicyclic amines) is 2. The molecule has 2 aliphatic heterocycles. The van der Waals surface area contributed by atoms with Crippen LogP contribution in [-0.2, 0) is 0 Å². The number of likely N-dealkylation sites (N-methyl/N-ethyl adjacent to an activating group) is 1. The van der Waals surface area contributed by atoms with Gasteiger partial charge in [0.15, 0.2) is 5.69 Å². The summed E-state index contributed by atoms with van der Waals surface area (Å²) in [7, 11) is 2.17. The molecule has 0 radical (unpaired) electrons. The average Bonchev–Trinajstić information content (AvgIpc) is 3.35. The maximum absolute atomic E-state index is 13.0. The van der Waals surface area contributed by atoms with E-state index in [1.54, 1.807) is 10.9 Å². The number of amides is 1. The van der Waals surface area contributed by atoms with E-state index in [2.05, 4.69) is 22.3 Å². The molecule has 25 heavy (non-hydrogen) atoms. The second kappa shape index (κ2) is 6.59. The van der Waals surface area contributed by atoms with Gasteiger partial charge < -0.3 is 9.80 Å². The number of aromatic nitrogens is 3. The third-order valence-corrected chi connectivity index (χ3v) is 5.59. The molecule has 2 aliphatic rings. The number of hydrogen-bond acceptors (Lipinski definition) is 4. The molecule has 132 valence electrons. The summed E-state index contributed by atoms with van der Waals surface area (Å²) in [6.07, 6.45) is 6.32. The first kappa shape index (κ1) is 16.3. The van der Waals surface area contributed by atoms with Crippen molar-refractivity contribution in [1.82, 2.24) is 24.8 Å². The highest BCUT2D eigenvalue weighted by Crippen LogP contribution is 2.29. The normalized spacial score (nSPS) is 24.2. The number of carbonyl (C=O) groups excluding carboxylic acids is 1. The van der Waals surface area contributed by atoms with Gasteiger partial charge in [0.1, 0.15) is 0 Å². The van der Waals surface area contributed by atoms with Gasteiger partial charge >= 0.3 is 0 Å². The summed E-state index contributed by atoms with van der Waals surface area (Å²) < 4.78 is 1.68. The van der Waals surface area contributed by atoms with Crippen molar-refractivity contribution in [3.63, 3.8) is 0 Å². The van der Waals surface area contributed by atoms with Crippen LogP contribution in [0.15, 0.2) is 30.5 Å². The van der Waals surface area contributed by atoms with Gasteiger partial charge in [-0.05, 0) is 58.3 Å². The average molecular weight is 339 g/mol. The van der Waals surface area contributed by atoms with E-state index in [0.29, 0.717) is 17.8 Å². The van der Waals surface area contributed by atoms with E-state index < -0.39 is 0 Å². The molecule has 4 rings (SSSR count). The molecule has 6 heteroatoms. The van der Waals surface area contributed by atoms with Gasteiger partial charge in [-0.3, -0.25) is 4.79 Å². The highest BCUT2D eigenvalue weighted by atomic mass is 16.2. The lowest BCUT2D eigenvalue weighted by Crippen LogP contribution is -2.47. The van der Waals surface area contributed by atoms with Crippen molar-refractivity contribution in [1.29, 1.82) is 0 Å². The maximum atomic E-state index is 13.0. The van der Waals surface area contributed by atoms with Gasteiger partial charge in [-0.15, -0.1) is 5.10 Å². The van der Waals surface area contributed by atoms with Crippen LogP contribution >= 0.6 is 0 Å². The van der Waals surface area contributed by atoms with Crippen LogP contribution in [0, 0.1) is 6.92 Å². The van der Waals surface area contributed by atoms with Gasteiger partial charge in [-0.2, -0.15) is 0 Å². The molecular weight excluding hydrogens is 314 g/mol. The van der Waals surface area contributed by atoms with Crippen LogP contribution in [0.25, 0.3) is 5.69 Å². The molecule has 1 aromatic heterocycles. The van der Waals surface area contributed by atoms with Crippen molar-refractivity contribution in [2.45, 2.75) is 44.7 Å². The molecule has 0 bridgehead atoms. The lowest BCUT2D eigenvalue weighted by molar-refractivity contribution is 0.0658. The highest BCUT2D eigenvalue weighted by molar-refractivity contribution is 5.92. The molecule has 0 aliphatic carbocycles. The quantitative estimate of drug-likeness (QED) is 0.861. The molecule has 0 spiro atoms. The minimum absolute atomic E-state index is 0.0150. The summed E-state index contributed by atoms with van der Waals surface area (Å²) in [5.41, 5.74) is 2.56.